The molecule has 0 bridgehead atoms. The highest BCUT2D eigenvalue weighted by Gasteiger charge is 2.25. The summed E-state index contributed by atoms with van der Waals surface area (Å²) in [6.45, 7) is 0.872. The molecule has 0 fully saturated rings. The van der Waals surface area contributed by atoms with Crippen LogP contribution in [0.15, 0.2) is 76.1 Å². The van der Waals surface area contributed by atoms with Crippen LogP contribution >= 0.6 is 0 Å². The minimum Gasteiger partial charge on any atom is -0.497 e. The Bertz CT molecular complexity index is 1310. The van der Waals surface area contributed by atoms with Gasteiger partial charge in [0.1, 0.15) is 29.1 Å². The van der Waals surface area contributed by atoms with Gasteiger partial charge in [-0.25, -0.2) is 0 Å². The molecule has 0 unspecified atom stereocenters. The van der Waals surface area contributed by atoms with Crippen molar-refractivity contribution in [1.29, 1.82) is 0 Å². The van der Waals surface area contributed by atoms with Crippen LogP contribution in [0.2, 0.25) is 0 Å². The molecule has 4 aromatic rings. The highest BCUT2D eigenvalue weighted by atomic mass is 16.5. The van der Waals surface area contributed by atoms with Crippen LogP contribution in [0.5, 0.6) is 17.2 Å². The van der Waals surface area contributed by atoms with E-state index in [1.54, 1.807) is 20.3 Å². The van der Waals surface area contributed by atoms with Gasteiger partial charge in [-0.3, -0.25) is 4.79 Å². The number of nitrogens with zero attached hydrogens (tertiary/aromatic N) is 1. The Morgan fingerprint density at radius 1 is 0.968 bits per heavy atom. The Balaban J connectivity index is 1.58. The van der Waals surface area contributed by atoms with Crippen molar-refractivity contribution >= 4 is 16.7 Å². The topological polar surface area (TPSA) is 61.1 Å². The molecule has 0 saturated heterocycles. The van der Waals surface area contributed by atoms with Gasteiger partial charge in [-0.2, -0.15) is 0 Å². The molecule has 31 heavy (non-hydrogen) atoms. The minimum absolute atomic E-state index is 0.0607. The van der Waals surface area contributed by atoms with E-state index in [2.05, 4.69) is 0 Å². The van der Waals surface area contributed by atoms with Gasteiger partial charge in [-0.15, -0.1) is 0 Å². The Morgan fingerprint density at radius 3 is 2.58 bits per heavy atom. The molecule has 2 heterocycles. The first-order valence-corrected chi connectivity index (χ1v) is 9.92. The lowest BCUT2D eigenvalue weighted by Gasteiger charge is -2.32. The molecule has 0 radical (unpaired) electrons. The van der Waals surface area contributed by atoms with Crippen molar-refractivity contribution in [3.8, 4) is 28.4 Å². The molecular formula is C25H21NO5. The number of hydrogen-bond donors (Lipinski definition) is 0. The van der Waals surface area contributed by atoms with Gasteiger partial charge in [0.05, 0.1) is 43.0 Å². The van der Waals surface area contributed by atoms with E-state index in [9.17, 15) is 4.79 Å². The highest BCUT2D eigenvalue weighted by Crippen LogP contribution is 2.38. The number of hydrogen-bond acceptors (Lipinski definition) is 6. The van der Waals surface area contributed by atoms with E-state index in [0.29, 0.717) is 47.1 Å². The summed E-state index contributed by atoms with van der Waals surface area (Å²) in [6, 6.07) is 18.8. The fraction of sp³-hybridized carbons (Fsp3) is 0.160. The molecule has 0 atom stereocenters. The summed E-state index contributed by atoms with van der Waals surface area (Å²) >= 11 is 0. The van der Waals surface area contributed by atoms with E-state index in [4.69, 9.17) is 18.6 Å². The van der Waals surface area contributed by atoms with E-state index in [1.807, 2.05) is 59.5 Å². The molecule has 3 aromatic carbocycles. The molecule has 0 N–H and O–H groups in total. The molecular weight excluding hydrogens is 394 g/mol. The maximum atomic E-state index is 13.2. The third kappa shape index (κ3) is 3.26. The largest absolute Gasteiger partial charge is 0.497 e. The molecule has 0 saturated carbocycles. The molecule has 6 heteroatoms. The Kier molecular flexibility index (Phi) is 4.75. The van der Waals surface area contributed by atoms with Gasteiger partial charge in [0.25, 0.3) is 0 Å². The van der Waals surface area contributed by atoms with Gasteiger partial charge in [0.15, 0.2) is 6.73 Å². The normalized spacial score (nSPS) is 12.9. The van der Waals surface area contributed by atoms with Crippen molar-refractivity contribution in [2.24, 2.45) is 0 Å². The van der Waals surface area contributed by atoms with Crippen molar-refractivity contribution in [1.82, 2.24) is 0 Å². The summed E-state index contributed by atoms with van der Waals surface area (Å²) in [5, 5.41) is 0.534. The molecule has 1 aliphatic heterocycles. The molecule has 5 rings (SSSR count). The number of ether oxygens (including phenoxy) is 3. The zero-order valence-electron chi connectivity index (χ0n) is 17.3. The molecule has 1 aliphatic rings. The van der Waals surface area contributed by atoms with Crippen molar-refractivity contribution in [2.75, 3.05) is 25.9 Å². The number of rotatable bonds is 4. The average molecular weight is 415 g/mol. The van der Waals surface area contributed by atoms with Crippen LogP contribution < -0.4 is 24.5 Å². The maximum Gasteiger partial charge on any atom is 0.200 e. The summed E-state index contributed by atoms with van der Waals surface area (Å²) in [4.78, 5) is 15.2. The third-order valence-corrected chi connectivity index (χ3v) is 5.54. The van der Waals surface area contributed by atoms with Crippen LogP contribution in [0, 0.1) is 0 Å². The van der Waals surface area contributed by atoms with E-state index in [-0.39, 0.29) is 5.43 Å². The van der Waals surface area contributed by atoms with E-state index in [1.165, 1.54) is 6.26 Å². The maximum absolute atomic E-state index is 13.2. The van der Waals surface area contributed by atoms with Crippen molar-refractivity contribution < 1.29 is 18.6 Å². The monoisotopic (exact) mass is 415 g/mol. The number of methoxy groups -OCH3 is 2. The van der Waals surface area contributed by atoms with Crippen LogP contribution in [0.4, 0.5) is 5.69 Å². The van der Waals surface area contributed by atoms with E-state index >= 15 is 0 Å². The fourth-order valence-corrected chi connectivity index (χ4v) is 3.93. The lowest BCUT2D eigenvalue weighted by atomic mass is 10.0. The van der Waals surface area contributed by atoms with Gasteiger partial charge in [0, 0.05) is 6.07 Å². The fourth-order valence-electron chi connectivity index (χ4n) is 3.93. The first kappa shape index (κ1) is 19.1. The standard InChI is InChI=1S/C25H21NO5/c1-28-17-8-10-21(23(12-17)29-2)26-13-19-22(31-15-26)11-9-18-24(27)20(14-30-25(18)19)16-6-4-3-5-7-16/h3-12,14H,13,15H2,1-2H3. The molecule has 0 amide bonds. The lowest BCUT2D eigenvalue weighted by molar-refractivity contribution is 0.287. The SMILES string of the molecule is COc1ccc(N2COc3ccc4c(=O)c(-c5ccccc5)coc4c3C2)c(OC)c1. The second-order valence-corrected chi connectivity index (χ2v) is 7.27. The highest BCUT2D eigenvalue weighted by molar-refractivity contribution is 5.86. The first-order chi connectivity index (χ1) is 15.2. The quantitative estimate of drug-likeness (QED) is 0.476. The second kappa shape index (κ2) is 7.72. The summed E-state index contributed by atoms with van der Waals surface area (Å²) in [5.41, 5.74) is 3.55. The zero-order chi connectivity index (χ0) is 21.4. The Morgan fingerprint density at radius 2 is 1.81 bits per heavy atom. The zero-order valence-corrected chi connectivity index (χ0v) is 17.3. The van der Waals surface area contributed by atoms with Gasteiger partial charge < -0.3 is 23.5 Å². The van der Waals surface area contributed by atoms with Crippen LogP contribution in [0.25, 0.3) is 22.1 Å². The molecule has 156 valence electrons. The molecule has 0 spiro atoms. The lowest BCUT2D eigenvalue weighted by Crippen LogP contribution is -2.32. The molecule has 1 aromatic heterocycles. The van der Waals surface area contributed by atoms with Crippen LogP contribution in [-0.2, 0) is 6.54 Å². The van der Waals surface area contributed by atoms with Gasteiger partial charge >= 0.3 is 0 Å². The predicted octanol–water partition coefficient (Wildman–Crippen LogP) is 4.83. The van der Waals surface area contributed by atoms with Crippen molar-refractivity contribution in [3.05, 3.63) is 82.7 Å². The van der Waals surface area contributed by atoms with E-state index in [0.717, 1.165) is 16.8 Å². The van der Waals surface area contributed by atoms with Crippen LogP contribution in [0.3, 0.4) is 0 Å². The number of anilines is 1. The summed E-state index contributed by atoms with van der Waals surface area (Å²) < 4.78 is 22.8. The Labute approximate surface area is 179 Å². The van der Waals surface area contributed by atoms with Gasteiger partial charge in [-0.1, -0.05) is 30.3 Å². The number of fused-ring (bicyclic) bond motifs is 3. The second-order valence-electron chi connectivity index (χ2n) is 7.27. The smallest absolute Gasteiger partial charge is 0.200 e. The number of benzene rings is 3. The van der Waals surface area contributed by atoms with E-state index < -0.39 is 0 Å². The predicted molar refractivity (Wildman–Crippen MR) is 119 cm³/mol. The summed E-state index contributed by atoms with van der Waals surface area (Å²) in [5.74, 6) is 2.11. The first-order valence-electron chi connectivity index (χ1n) is 9.92. The summed E-state index contributed by atoms with van der Waals surface area (Å²) in [7, 11) is 3.24. The van der Waals surface area contributed by atoms with Gasteiger partial charge in [-0.05, 0) is 29.8 Å². The minimum atomic E-state index is -0.0607. The van der Waals surface area contributed by atoms with Crippen molar-refractivity contribution in [3.63, 3.8) is 0 Å². The van der Waals surface area contributed by atoms with Gasteiger partial charge in [0.2, 0.25) is 5.43 Å². The Hall–Kier alpha value is -3.93. The molecule has 6 nitrogen and oxygen atoms in total. The third-order valence-electron chi connectivity index (χ3n) is 5.54. The average Bonchev–Trinajstić information content (AvgIpc) is 2.84. The van der Waals surface area contributed by atoms with Crippen LogP contribution in [0.1, 0.15) is 5.56 Å². The molecule has 0 aliphatic carbocycles. The summed E-state index contributed by atoms with van der Waals surface area (Å²) in [6.07, 6.45) is 1.53. The van der Waals surface area contributed by atoms with Crippen molar-refractivity contribution in [2.45, 2.75) is 6.54 Å². The van der Waals surface area contributed by atoms with Crippen LogP contribution in [-0.4, -0.2) is 21.0 Å².